The second-order valence-corrected chi connectivity index (χ2v) is 12.3. The third-order valence-corrected chi connectivity index (χ3v) is 9.04. The molecule has 7 rings (SSSR count). The van der Waals surface area contributed by atoms with Crippen LogP contribution in [0.3, 0.4) is 0 Å². The van der Waals surface area contributed by atoms with E-state index in [1.54, 1.807) is 18.5 Å². The normalized spacial score (nSPS) is 17.8. The van der Waals surface area contributed by atoms with Gasteiger partial charge in [-0.15, -0.1) is 11.3 Å². The average molecular weight is 628 g/mol. The minimum absolute atomic E-state index is 0.0119. The molecule has 2 aliphatic rings. The van der Waals surface area contributed by atoms with Crippen molar-refractivity contribution in [2.45, 2.75) is 38.3 Å². The fourth-order valence-electron chi connectivity index (χ4n) is 5.92. The van der Waals surface area contributed by atoms with Crippen LogP contribution in [-0.2, 0) is 11.3 Å². The predicted molar refractivity (Wildman–Crippen MR) is 169 cm³/mol. The number of piperidine rings is 1. The van der Waals surface area contributed by atoms with Crippen molar-refractivity contribution < 1.29 is 18.7 Å². The Morgan fingerprint density at radius 3 is 2.76 bits per heavy atom. The maximum atomic E-state index is 14.0. The van der Waals surface area contributed by atoms with E-state index in [4.69, 9.17) is 18.9 Å². The van der Waals surface area contributed by atoms with Gasteiger partial charge in [0.25, 0.3) is 5.56 Å². The highest BCUT2D eigenvalue weighted by atomic mass is 32.1. The predicted octanol–water partition coefficient (Wildman–Crippen LogP) is 4.78. The SMILES string of the molecule is CN1CCCC(Oc2ccc(Nc3ncc4cc(C(=O)C5CCOCC5)c(=O)n(Cc5ocnc5-c5nccs5)c4n3)cc2)C1. The van der Waals surface area contributed by atoms with E-state index in [1.165, 1.54) is 22.3 Å². The number of carbonyl (C=O) groups is 1. The van der Waals surface area contributed by atoms with Crippen LogP contribution in [0.4, 0.5) is 11.6 Å². The summed E-state index contributed by atoms with van der Waals surface area (Å²) in [5.74, 6) is 1.08. The quantitative estimate of drug-likeness (QED) is 0.226. The van der Waals surface area contributed by atoms with Crippen LogP contribution in [0.2, 0.25) is 0 Å². The van der Waals surface area contributed by atoms with Crippen LogP contribution in [0, 0.1) is 5.92 Å². The van der Waals surface area contributed by atoms with Crippen molar-refractivity contribution in [3.8, 4) is 16.5 Å². The number of rotatable bonds is 9. The fourth-order valence-corrected chi connectivity index (χ4v) is 6.57. The van der Waals surface area contributed by atoms with E-state index in [9.17, 15) is 9.59 Å². The number of nitrogens with zero attached hydrogens (tertiary/aromatic N) is 6. The minimum Gasteiger partial charge on any atom is -0.489 e. The molecule has 0 amide bonds. The molecule has 0 aliphatic carbocycles. The molecule has 45 heavy (non-hydrogen) atoms. The summed E-state index contributed by atoms with van der Waals surface area (Å²) in [6.07, 6.45) is 8.13. The molecule has 2 saturated heterocycles. The standard InChI is InChI=1S/C32H33N7O5S/c1-38-11-2-3-24(17-38)44-23-6-4-22(5-7-23)36-32-34-16-21-15-25(28(40)20-8-12-42-13-9-20)31(41)39(29(21)37-32)18-26-27(35-19-43-26)30-33-10-14-45-30/h4-7,10,14-16,19-20,24H,2-3,8-9,11-13,17-18H2,1H3,(H,34,36,37). The molecule has 0 radical (unpaired) electrons. The number of pyridine rings is 1. The van der Waals surface area contributed by atoms with E-state index in [2.05, 4.69) is 32.2 Å². The van der Waals surface area contributed by atoms with Gasteiger partial charge in [-0.05, 0) is 69.6 Å². The van der Waals surface area contributed by atoms with E-state index in [-0.39, 0.29) is 29.9 Å². The Labute approximate surface area is 263 Å². The van der Waals surface area contributed by atoms with E-state index in [0.29, 0.717) is 59.5 Å². The van der Waals surface area contributed by atoms with E-state index < -0.39 is 5.56 Å². The molecule has 4 aromatic heterocycles. The number of aromatic nitrogens is 5. The maximum Gasteiger partial charge on any atom is 0.263 e. The monoisotopic (exact) mass is 627 g/mol. The molecule has 0 bridgehead atoms. The molecule has 1 N–H and O–H groups in total. The highest BCUT2D eigenvalue weighted by Gasteiger charge is 2.27. The lowest BCUT2D eigenvalue weighted by molar-refractivity contribution is 0.0543. The molecule has 2 aliphatic heterocycles. The van der Waals surface area contributed by atoms with Crippen molar-refractivity contribution in [1.29, 1.82) is 0 Å². The zero-order valence-corrected chi connectivity index (χ0v) is 25.7. The second kappa shape index (κ2) is 12.9. The zero-order chi connectivity index (χ0) is 30.8. The summed E-state index contributed by atoms with van der Waals surface area (Å²) in [5, 5.41) is 6.32. The first kappa shape index (κ1) is 29.3. The highest BCUT2D eigenvalue weighted by Crippen LogP contribution is 2.27. The molecule has 2 fully saturated rings. The van der Waals surface area contributed by atoms with Crippen LogP contribution >= 0.6 is 11.3 Å². The number of hydrogen-bond donors (Lipinski definition) is 1. The van der Waals surface area contributed by atoms with Gasteiger partial charge in [-0.2, -0.15) is 4.98 Å². The molecule has 1 aromatic carbocycles. The number of oxazole rings is 1. The average Bonchev–Trinajstić information content (AvgIpc) is 3.76. The number of likely N-dealkylation sites (N-methyl/N-ethyl adjacent to an activating group) is 1. The molecule has 13 heteroatoms. The molecule has 0 saturated carbocycles. The van der Waals surface area contributed by atoms with Crippen LogP contribution in [0.5, 0.6) is 5.75 Å². The Bertz CT molecular complexity index is 1850. The Kier molecular flexibility index (Phi) is 8.37. The van der Waals surface area contributed by atoms with Gasteiger partial charge in [-0.25, -0.2) is 15.0 Å². The number of benzene rings is 1. The van der Waals surface area contributed by atoms with Crippen LogP contribution in [0.1, 0.15) is 41.8 Å². The van der Waals surface area contributed by atoms with Gasteiger partial charge >= 0.3 is 0 Å². The lowest BCUT2D eigenvalue weighted by atomic mass is 9.91. The molecule has 6 heterocycles. The van der Waals surface area contributed by atoms with Crippen molar-refractivity contribution in [2.75, 3.05) is 38.7 Å². The van der Waals surface area contributed by atoms with Crippen molar-refractivity contribution >= 4 is 39.8 Å². The minimum atomic E-state index is -0.444. The molecule has 1 atom stereocenters. The van der Waals surface area contributed by atoms with E-state index >= 15 is 0 Å². The van der Waals surface area contributed by atoms with E-state index in [0.717, 1.165) is 37.4 Å². The van der Waals surface area contributed by atoms with Gasteiger partial charge in [-0.3, -0.25) is 14.2 Å². The summed E-state index contributed by atoms with van der Waals surface area (Å²) in [6, 6.07) is 9.27. The summed E-state index contributed by atoms with van der Waals surface area (Å²) in [6.45, 7) is 3.01. The smallest absolute Gasteiger partial charge is 0.263 e. The second-order valence-electron chi connectivity index (χ2n) is 11.4. The van der Waals surface area contributed by atoms with Crippen molar-refractivity contribution in [2.24, 2.45) is 5.92 Å². The Hall–Kier alpha value is -4.46. The number of hydrogen-bond acceptors (Lipinski definition) is 12. The Balaban J connectivity index is 1.21. The number of carbonyl (C=O) groups excluding carboxylic acids is 1. The number of ether oxygens (including phenoxy) is 2. The molecular weight excluding hydrogens is 594 g/mol. The first-order valence-corrected chi connectivity index (χ1v) is 16.0. The lowest BCUT2D eigenvalue weighted by Crippen LogP contribution is -2.38. The molecule has 1 unspecified atom stereocenters. The van der Waals surface area contributed by atoms with Gasteiger partial charge in [0.1, 0.15) is 28.2 Å². The van der Waals surface area contributed by atoms with Crippen molar-refractivity contribution in [1.82, 2.24) is 29.4 Å². The van der Waals surface area contributed by atoms with Crippen LogP contribution in [0.15, 0.2) is 63.7 Å². The number of likely N-dealkylation sites (tertiary alicyclic amines) is 1. The van der Waals surface area contributed by atoms with Gasteiger partial charge in [0.15, 0.2) is 17.9 Å². The van der Waals surface area contributed by atoms with Crippen LogP contribution < -0.4 is 15.6 Å². The van der Waals surface area contributed by atoms with Crippen molar-refractivity contribution in [3.63, 3.8) is 0 Å². The first-order valence-electron chi connectivity index (χ1n) is 15.1. The van der Waals surface area contributed by atoms with Gasteiger partial charge in [0.2, 0.25) is 5.95 Å². The van der Waals surface area contributed by atoms with Crippen LogP contribution in [0.25, 0.3) is 21.7 Å². The topological polar surface area (TPSA) is 138 Å². The highest BCUT2D eigenvalue weighted by molar-refractivity contribution is 7.13. The van der Waals surface area contributed by atoms with Gasteiger partial charge in [-0.1, -0.05) is 0 Å². The largest absolute Gasteiger partial charge is 0.489 e. The number of thiazole rings is 1. The van der Waals surface area contributed by atoms with E-state index in [1.807, 2.05) is 29.6 Å². The Morgan fingerprint density at radius 2 is 1.98 bits per heavy atom. The summed E-state index contributed by atoms with van der Waals surface area (Å²) in [5.41, 5.74) is 1.34. The summed E-state index contributed by atoms with van der Waals surface area (Å²) >= 11 is 1.42. The summed E-state index contributed by atoms with van der Waals surface area (Å²) in [7, 11) is 2.11. The Morgan fingerprint density at radius 1 is 1.13 bits per heavy atom. The third kappa shape index (κ3) is 6.37. The van der Waals surface area contributed by atoms with Crippen molar-refractivity contribution in [3.05, 3.63) is 76.2 Å². The lowest BCUT2D eigenvalue weighted by Gasteiger charge is -2.30. The number of ketones is 1. The number of Topliss-reactive ketones (excluding diaryl/α,β-unsaturated/α-hetero) is 1. The number of anilines is 2. The molecule has 5 aromatic rings. The molecule has 0 spiro atoms. The van der Waals surface area contributed by atoms with Gasteiger partial charge < -0.3 is 24.1 Å². The van der Waals surface area contributed by atoms with Gasteiger partial charge in [0.05, 0.1) is 12.1 Å². The zero-order valence-electron chi connectivity index (χ0n) is 24.8. The third-order valence-electron chi connectivity index (χ3n) is 8.26. The summed E-state index contributed by atoms with van der Waals surface area (Å²) < 4.78 is 18.8. The molecule has 232 valence electrons. The first-order chi connectivity index (χ1) is 22.0. The molecule has 12 nitrogen and oxygen atoms in total. The number of nitrogens with one attached hydrogen (secondary N) is 1. The maximum absolute atomic E-state index is 14.0. The fraction of sp³-hybridized carbons (Fsp3) is 0.375. The number of fused-ring (bicyclic) bond motifs is 1. The molecular formula is C32H33N7O5S. The van der Waals surface area contributed by atoms with Gasteiger partial charge in [0, 0.05) is 54.5 Å². The van der Waals surface area contributed by atoms with Crippen LogP contribution in [-0.4, -0.2) is 74.6 Å². The summed E-state index contributed by atoms with van der Waals surface area (Å²) in [4.78, 5) is 47.8.